The van der Waals surface area contributed by atoms with Crippen LogP contribution < -0.4 is 9.47 Å². The van der Waals surface area contributed by atoms with E-state index in [9.17, 15) is 0 Å². The zero-order valence-electron chi connectivity index (χ0n) is 13.0. The highest BCUT2D eigenvalue weighted by atomic mass is 79.9. The van der Waals surface area contributed by atoms with Gasteiger partial charge in [-0.05, 0) is 60.7 Å². The Hall–Kier alpha value is -1.22. The van der Waals surface area contributed by atoms with E-state index in [1.165, 1.54) is 16.3 Å². The smallest absolute Gasteiger partial charge is 0.122 e. The van der Waals surface area contributed by atoms with Crippen LogP contribution in [0.3, 0.4) is 0 Å². The zero-order chi connectivity index (χ0) is 15.2. The lowest BCUT2D eigenvalue weighted by Gasteiger charge is -2.15. The molecule has 0 spiro atoms. The van der Waals surface area contributed by atoms with E-state index in [4.69, 9.17) is 9.47 Å². The molecule has 1 atom stereocenters. The first kappa shape index (κ1) is 16.2. The summed E-state index contributed by atoms with van der Waals surface area (Å²) < 4.78 is 11.5. The third-order valence-electron chi connectivity index (χ3n) is 3.65. The zero-order valence-corrected chi connectivity index (χ0v) is 14.6. The van der Waals surface area contributed by atoms with Crippen LogP contribution in [-0.4, -0.2) is 18.5 Å². The summed E-state index contributed by atoms with van der Waals surface area (Å²) in [6, 6.07) is 10.4. The number of fused-ring (bicyclic) bond motifs is 1. The van der Waals surface area contributed by atoms with Crippen molar-refractivity contribution in [2.75, 3.05) is 18.5 Å². The quantitative estimate of drug-likeness (QED) is 0.627. The van der Waals surface area contributed by atoms with Gasteiger partial charge in [-0.3, -0.25) is 0 Å². The van der Waals surface area contributed by atoms with Gasteiger partial charge in [-0.1, -0.05) is 35.0 Å². The molecule has 2 rings (SSSR count). The molecule has 0 aliphatic rings. The maximum atomic E-state index is 5.98. The second-order valence-corrected chi connectivity index (χ2v) is 6.19. The molecule has 2 aromatic carbocycles. The molecular formula is C18H23BrO2. The molecule has 2 aromatic rings. The summed E-state index contributed by atoms with van der Waals surface area (Å²) in [6.45, 7) is 7.78. The van der Waals surface area contributed by atoms with E-state index in [0.29, 0.717) is 12.5 Å². The largest absolute Gasteiger partial charge is 0.494 e. The van der Waals surface area contributed by atoms with Gasteiger partial charge in [-0.2, -0.15) is 0 Å². The number of hydrogen-bond acceptors (Lipinski definition) is 2. The molecule has 0 amide bonds. The predicted molar refractivity (Wildman–Crippen MR) is 92.9 cm³/mol. The van der Waals surface area contributed by atoms with Gasteiger partial charge in [0.05, 0.1) is 13.2 Å². The normalized spacial score (nSPS) is 12.4. The molecular weight excluding hydrogens is 328 g/mol. The second kappa shape index (κ2) is 7.69. The molecule has 2 nitrogen and oxygen atoms in total. The monoisotopic (exact) mass is 350 g/mol. The van der Waals surface area contributed by atoms with Gasteiger partial charge in [0.1, 0.15) is 11.5 Å². The fourth-order valence-corrected chi connectivity index (χ4v) is 3.14. The Kier molecular flexibility index (Phi) is 5.92. The van der Waals surface area contributed by atoms with Gasteiger partial charge in [0, 0.05) is 5.33 Å². The van der Waals surface area contributed by atoms with Crippen molar-refractivity contribution in [1.82, 2.24) is 0 Å². The minimum absolute atomic E-state index is 0.555. The molecule has 0 heterocycles. The predicted octanol–water partition coefficient (Wildman–Crippen LogP) is 5.35. The van der Waals surface area contributed by atoms with Gasteiger partial charge in [0.25, 0.3) is 0 Å². The van der Waals surface area contributed by atoms with Crippen molar-refractivity contribution in [2.24, 2.45) is 5.92 Å². The summed E-state index contributed by atoms with van der Waals surface area (Å²) in [4.78, 5) is 0. The van der Waals surface area contributed by atoms with E-state index in [1.54, 1.807) is 0 Å². The highest BCUT2D eigenvalue weighted by Gasteiger charge is 2.08. The Morgan fingerprint density at radius 1 is 1.14 bits per heavy atom. The molecule has 0 aliphatic heterocycles. The SMILES string of the molecule is CCOc1ccc2c(C)c(OCC(C)CCBr)ccc2c1. The fraction of sp³-hybridized carbons (Fsp3) is 0.444. The first-order chi connectivity index (χ1) is 10.2. The lowest BCUT2D eigenvalue weighted by Crippen LogP contribution is -2.09. The van der Waals surface area contributed by atoms with Crippen LogP contribution in [0, 0.1) is 12.8 Å². The Morgan fingerprint density at radius 2 is 1.95 bits per heavy atom. The van der Waals surface area contributed by atoms with Gasteiger partial charge >= 0.3 is 0 Å². The van der Waals surface area contributed by atoms with Crippen LogP contribution in [0.1, 0.15) is 25.8 Å². The first-order valence-electron chi connectivity index (χ1n) is 7.50. The van der Waals surface area contributed by atoms with Crippen LogP contribution in [0.25, 0.3) is 10.8 Å². The number of benzene rings is 2. The van der Waals surface area contributed by atoms with E-state index in [1.807, 2.05) is 13.0 Å². The van der Waals surface area contributed by atoms with Crippen molar-refractivity contribution in [3.8, 4) is 11.5 Å². The van der Waals surface area contributed by atoms with Gasteiger partial charge in [-0.25, -0.2) is 0 Å². The van der Waals surface area contributed by atoms with Crippen molar-refractivity contribution in [2.45, 2.75) is 27.2 Å². The summed E-state index contributed by atoms with van der Waals surface area (Å²) in [5.74, 6) is 2.46. The van der Waals surface area contributed by atoms with Gasteiger partial charge < -0.3 is 9.47 Å². The highest BCUT2D eigenvalue weighted by molar-refractivity contribution is 9.09. The third-order valence-corrected chi connectivity index (χ3v) is 4.11. The minimum Gasteiger partial charge on any atom is -0.494 e. The Morgan fingerprint density at radius 3 is 2.67 bits per heavy atom. The van der Waals surface area contributed by atoms with Crippen LogP contribution in [0.15, 0.2) is 30.3 Å². The van der Waals surface area contributed by atoms with E-state index in [-0.39, 0.29) is 0 Å². The minimum atomic E-state index is 0.555. The standard InChI is InChI=1S/C18H23BrO2/c1-4-20-16-6-7-17-14(3)18(8-5-15(17)11-16)21-12-13(2)9-10-19/h5-8,11,13H,4,9-10,12H2,1-3H3. The number of aryl methyl sites for hydroxylation is 1. The molecule has 21 heavy (non-hydrogen) atoms. The van der Waals surface area contributed by atoms with Crippen molar-refractivity contribution >= 4 is 26.7 Å². The van der Waals surface area contributed by atoms with E-state index in [2.05, 4.69) is 54.0 Å². The topological polar surface area (TPSA) is 18.5 Å². The molecule has 0 bridgehead atoms. The number of alkyl halides is 1. The Labute approximate surface area is 135 Å². The highest BCUT2D eigenvalue weighted by Crippen LogP contribution is 2.30. The van der Waals surface area contributed by atoms with Crippen molar-refractivity contribution < 1.29 is 9.47 Å². The lowest BCUT2D eigenvalue weighted by atomic mass is 10.0. The lowest BCUT2D eigenvalue weighted by molar-refractivity contribution is 0.256. The number of ether oxygens (including phenoxy) is 2. The van der Waals surface area contributed by atoms with Crippen LogP contribution in [0.4, 0.5) is 0 Å². The summed E-state index contributed by atoms with van der Waals surface area (Å²) in [7, 11) is 0. The molecule has 0 aliphatic carbocycles. The average molecular weight is 351 g/mol. The second-order valence-electron chi connectivity index (χ2n) is 5.40. The maximum Gasteiger partial charge on any atom is 0.122 e. The number of halogens is 1. The maximum absolute atomic E-state index is 5.98. The first-order valence-corrected chi connectivity index (χ1v) is 8.62. The molecule has 114 valence electrons. The number of hydrogen-bond donors (Lipinski definition) is 0. The molecule has 3 heteroatoms. The summed E-state index contributed by atoms with van der Waals surface area (Å²) in [5.41, 5.74) is 1.20. The van der Waals surface area contributed by atoms with Crippen molar-refractivity contribution in [3.05, 3.63) is 35.9 Å². The molecule has 0 aromatic heterocycles. The molecule has 0 fully saturated rings. The number of rotatable bonds is 7. The van der Waals surface area contributed by atoms with Crippen LogP contribution in [-0.2, 0) is 0 Å². The van der Waals surface area contributed by atoms with Crippen molar-refractivity contribution in [1.29, 1.82) is 0 Å². The summed E-state index contributed by atoms with van der Waals surface area (Å²) >= 11 is 3.48. The molecule has 1 unspecified atom stereocenters. The van der Waals surface area contributed by atoms with Gasteiger partial charge in [0.15, 0.2) is 0 Å². The van der Waals surface area contributed by atoms with Gasteiger partial charge in [0.2, 0.25) is 0 Å². The van der Waals surface area contributed by atoms with Crippen LogP contribution >= 0.6 is 15.9 Å². The molecule has 0 saturated carbocycles. The van der Waals surface area contributed by atoms with E-state index >= 15 is 0 Å². The van der Waals surface area contributed by atoms with E-state index < -0.39 is 0 Å². The summed E-state index contributed by atoms with van der Waals surface area (Å²) in [5, 5.41) is 3.44. The molecule has 0 saturated heterocycles. The Bertz CT molecular complexity index is 595. The average Bonchev–Trinajstić information content (AvgIpc) is 2.47. The van der Waals surface area contributed by atoms with Crippen molar-refractivity contribution in [3.63, 3.8) is 0 Å². The molecule has 0 N–H and O–H groups in total. The Balaban J connectivity index is 2.19. The van der Waals surface area contributed by atoms with Gasteiger partial charge in [-0.15, -0.1) is 0 Å². The molecule has 0 radical (unpaired) electrons. The third kappa shape index (κ3) is 4.13. The van der Waals surface area contributed by atoms with E-state index in [0.717, 1.165) is 29.9 Å². The van der Waals surface area contributed by atoms with Crippen LogP contribution in [0.2, 0.25) is 0 Å². The fourth-order valence-electron chi connectivity index (χ4n) is 2.36. The summed E-state index contributed by atoms with van der Waals surface area (Å²) in [6.07, 6.45) is 1.13. The van der Waals surface area contributed by atoms with Crippen LogP contribution in [0.5, 0.6) is 11.5 Å².